The first-order valence-corrected chi connectivity index (χ1v) is 18.1. The quantitative estimate of drug-likeness (QED) is 0.154. The first-order chi connectivity index (χ1) is 24.4. The number of ether oxygens (including phenoxy) is 2. The van der Waals surface area contributed by atoms with E-state index in [-0.39, 0.29) is 23.7 Å². The highest BCUT2D eigenvalue weighted by molar-refractivity contribution is 6.08. The number of para-hydroxylation sites is 1. The summed E-state index contributed by atoms with van der Waals surface area (Å²) in [6.07, 6.45) is 4.54. The highest BCUT2D eigenvalue weighted by Crippen LogP contribution is 2.36. The topological polar surface area (TPSA) is 89.8 Å². The monoisotopic (exact) mass is 673 g/mol. The summed E-state index contributed by atoms with van der Waals surface area (Å²) in [5.41, 5.74) is 7.53. The average Bonchev–Trinajstić information content (AvgIpc) is 3.46. The number of pyridine rings is 2. The zero-order valence-corrected chi connectivity index (χ0v) is 29.4. The Morgan fingerprint density at radius 3 is 2.40 bits per heavy atom. The van der Waals surface area contributed by atoms with Gasteiger partial charge in [-0.2, -0.15) is 0 Å². The first kappa shape index (κ1) is 33.7. The zero-order valence-electron chi connectivity index (χ0n) is 29.4. The summed E-state index contributed by atoms with van der Waals surface area (Å²) in [6, 6.07) is 23.2. The van der Waals surface area contributed by atoms with E-state index >= 15 is 0 Å². The number of hydrogen-bond donors (Lipinski definition) is 0. The van der Waals surface area contributed by atoms with Crippen LogP contribution in [0.15, 0.2) is 72.9 Å². The van der Waals surface area contributed by atoms with Crippen LogP contribution < -0.4 is 4.90 Å². The van der Waals surface area contributed by atoms with E-state index in [0.29, 0.717) is 52.3 Å². The van der Waals surface area contributed by atoms with Crippen LogP contribution in [0.5, 0.6) is 0 Å². The lowest BCUT2D eigenvalue weighted by Crippen LogP contribution is -2.51. The van der Waals surface area contributed by atoms with Crippen molar-refractivity contribution in [3.63, 3.8) is 0 Å². The normalized spacial score (nSPS) is 16.2. The van der Waals surface area contributed by atoms with E-state index in [1.807, 2.05) is 38.2 Å². The maximum atomic E-state index is 14.3. The third-order valence-electron chi connectivity index (χ3n) is 10.6. The van der Waals surface area contributed by atoms with E-state index < -0.39 is 0 Å². The van der Waals surface area contributed by atoms with Gasteiger partial charge < -0.3 is 23.8 Å². The summed E-state index contributed by atoms with van der Waals surface area (Å²) in [6.45, 7) is 11.4. The molecule has 2 aliphatic rings. The van der Waals surface area contributed by atoms with Gasteiger partial charge in [0.25, 0.3) is 0 Å². The Kier molecular flexibility index (Phi) is 10.1. The third-order valence-corrected chi connectivity index (χ3v) is 10.6. The molecule has 3 aromatic heterocycles. The maximum absolute atomic E-state index is 14.3. The van der Waals surface area contributed by atoms with E-state index in [1.165, 1.54) is 5.56 Å². The molecule has 9 nitrogen and oxygen atoms in total. The average molecular weight is 674 g/mol. The molecule has 2 aromatic carbocycles. The molecule has 7 rings (SSSR count). The van der Waals surface area contributed by atoms with Crippen molar-refractivity contribution in [3.05, 3.63) is 101 Å². The van der Waals surface area contributed by atoms with Crippen LogP contribution in [0, 0.1) is 19.8 Å². The molecule has 0 saturated carbocycles. The Morgan fingerprint density at radius 2 is 1.68 bits per heavy atom. The molecule has 1 unspecified atom stereocenters. The van der Waals surface area contributed by atoms with Crippen LogP contribution >= 0.6 is 0 Å². The second kappa shape index (κ2) is 15.0. The molecule has 2 aliphatic heterocycles. The predicted octanol–water partition coefficient (Wildman–Crippen LogP) is 6.60. The summed E-state index contributed by atoms with van der Waals surface area (Å²) in [5, 5.41) is 2.30. The molecular weight excluding hydrogens is 626 g/mol. The fourth-order valence-corrected chi connectivity index (χ4v) is 7.99. The fraction of sp³-hybridized carbons (Fsp3) is 0.415. The van der Waals surface area contributed by atoms with Crippen molar-refractivity contribution in [1.82, 2.24) is 19.4 Å². The number of piperazine rings is 1. The molecule has 1 amide bonds. The van der Waals surface area contributed by atoms with E-state index in [2.05, 4.69) is 74.8 Å². The molecule has 0 radical (unpaired) electrons. The number of esters is 1. The van der Waals surface area contributed by atoms with Gasteiger partial charge in [-0.1, -0.05) is 48.5 Å². The van der Waals surface area contributed by atoms with Gasteiger partial charge in [-0.3, -0.25) is 9.59 Å². The summed E-state index contributed by atoms with van der Waals surface area (Å²) in [7, 11) is 0. The molecule has 1 atom stereocenters. The third kappa shape index (κ3) is 6.84. The minimum Gasteiger partial charge on any atom is -0.466 e. The molecule has 0 N–H and O–H groups in total. The zero-order chi connectivity index (χ0) is 34.6. The minimum absolute atomic E-state index is 0.179. The van der Waals surface area contributed by atoms with Crippen molar-refractivity contribution in [2.24, 2.45) is 5.92 Å². The Bertz CT molecular complexity index is 1960. The van der Waals surface area contributed by atoms with Crippen LogP contribution in [-0.2, 0) is 32.0 Å². The van der Waals surface area contributed by atoms with Crippen LogP contribution in [0.2, 0.25) is 0 Å². The molecule has 50 heavy (non-hydrogen) atoms. The lowest BCUT2D eigenvalue weighted by Gasteiger charge is -2.39. The molecule has 0 aliphatic carbocycles. The van der Waals surface area contributed by atoms with E-state index in [9.17, 15) is 9.59 Å². The van der Waals surface area contributed by atoms with Gasteiger partial charge in [0.15, 0.2) is 0 Å². The highest BCUT2D eigenvalue weighted by atomic mass is 16.5. The van der Waals surface area contributed by atoms with Gasteiger partial charge in [0.05, 0.1) is 18.0 Å². The number of hydrogen-bond acceptors (Lipinski definition) is 7. The van der Waals surface area contributed by atoms with Gasteiger partial charge in [-0.15, -0.1) is 0 Å². The Labute approximate surface area is 294 Å². The number of carbonyl (C=O) groups excluding carboxylic acids is 2. The van der Waals surface area contributed by atoms with Gasteiger partial charge in [-0.05, 0) is 86.4 Å². The number of fused-ring (bicyclic) bond motifs is 3. The molecule has 2 saturated heterocycles. The molecule has 9 heteroatoms. The van der Waals surface area contributed by atoms with E-state index in [0.717, 1.165) is 76.1 Å². The van der Waals surface area contributed by atoms with Gasteiger partial charge in [0.2, 0.25) is 5.91 Å². The number of benzene rings is 2. The van der Waals surface area contributed by atoms with Crippen LogP contribution in [-0.4, -0.2) is 77.3 Å². The Balaban J connectivity index is 1.14. The van der Waals surface area contributed by atoms with Crippen molar-refractivity contribution in [3.8, 4) is 0 Å². The Morgan fingerprint density at radius 1 is 0.940 bits per heavy atom. The van der Waals surface area contributed by atoms with Crippen molar-refractivity contribution in [2.75, 3.05) is 50.9 Å². The predicted molar refractivity (Wildman–Crippen MR) is 197 cm³/mol. The molecule has 0 spiro atoms. The first-order valence-electron chi connectivity index (χ1n) is 18.1. The standard InChI is InChI=1S/C41H47N5O4/c1-4-50-37(47)17-16-33-28(2)38-34-9-5-6-10-35(34)46(40(38)43-29(33)3)27-30-12-14-31(15-13-30)39(32-18-25-49-26-19-32)41(48)45-23-21-44(22-24-45)36-11-7-8-20-42-36/h5-15,20,32,39H,4,16-19,21-27H2,1-3H3. The van der Waals surface area contributed by atoms with Crippen LogP contribution in [0.1, 0.15) is 60.1 Å². The second-order valence-electron chi connectivity index (χ2n) is 13.6. The second-order valence-corrected chi connectivity index (χ2v) is 13.6. The molecule has 2 fully saturated rings. The summed E-state index contributed by atoms with van der Waals surface area (Å²) in [5.74, 6) is 1.07. The largest absolute Gasteiger partial charge is 0.466 e. The van der Waals surface area contributed by atoms with E-state index in [4.69, 9.17) is 14.5 Å². The van der Waals surface area contributed by atoms with Crippen molar-refractivity contribution in [1.29, 1.82) is 0 Å². The summed E-state index contributed by atoms with van der Waals surface area (Å²) in [4.78, 5) is 40.5. The van der Waals surface area contributed by atoms with Crippen molar-refractivity contribution < 1.29 is 19.1 Å². The van der Waals surface area contributed by atoms with Crippen LogP contribution in [0.3, 0.4) is 0 Å². The number of anilines is 1. The number of carbonyl (C=O) groups is 2. The number of aromatic nitrogens is 3. The fourth-order valence-electron chi connectivity index (χ4n) is 7.99. The number of aryl methyl sites for hydroxylation is 2. The summed E-state index contributed by atoms with van der Waals surface area (Å²) >= 11 is 0. The van der Waals surface area contributed by atoms with Gasteiger partial charge >= 0.3 is 5.97 Å². The SMILES string of the molecule is CCOC(=O)CCc1c(C)nc2c(c1C)c1ccccc1n2Cc1ccc(C(C(=O)N2CCN(c3ccccn3)CC2)C2CCOCC2)cc1. The minimum atomic E-state index is -0.192. The van der Waals surface area contributed by atoms with Gasteiger partial charge in [0, 0.05) is 75.0 Å². The van der Waals surface area contributed by atoms with Gasteiger partial charge in [-0.25, -0.2) is 9.97 Å². The number of nitrogens with zero attached hydrogens (tertiary/aromatic N) is 5. The smallest absolute Gasteiger partial charge is 0.306 e. The summed E-state index contributed by atoms with van der Waals surface area (Å²) < 4.78 is 13.2. The molecular formula is C41H47N5O4. The van der Waals surface area contributed by atoms with E-state index in [1.54, 1.807) is 0 Å². The number of rotatable bonds is 10. The lowest BCUT2D eigenvalue weighted by atomic mass is 9.80. The molecule has 5 aromatic rings. The van der Waals surface area contributed by atoms with Crippen LogP contribution in [0.25, 0.3) is 21.9 Å². The van der Waals surface area contributed by atoms with Crippen molar-refractivity contribution >= 4 is 39.6 Å². The maximum Gasteiger partial charge on any atom is 0.306 e. The van der Waals surface area contributed by atoms with Crippen LogP contribution in [0.4, 0.5) is 5.82 Å². The molecule has 5 heterocycles. The molecule has 260 valence electrons. The molecule has 0 bridgehead atoms. The Hall–Kier alpha value is -4.76. The lowest BCUT2D eigenvalue weighted by molar-refractivity contribution is -0.143. The van der Waals surface area contributed by atoms with Gasteiger partial charge in [0.1, 0.15) is 11.5 Å². The van der Waals surface area contributed by atoms with Crippen molar-refractivity contribution in [2.45, 2.75) is 58.9 Å². The highest BCUT2D eigenvalue weighted by Gasteiger charge is 2.35. The number of amides is 1.